The van der Waals surface area contributed by atoms with Gasteiger partial charge in [0.15, 0.2) is 11.5 Å². The standard InChI is InChI=1S/C18H22N2O4/c1-2-8-19-9-6-18(17(19)22)7-10-20(11-18)16(21)13-4-3-5-14-15(13)24-12-23-14/h3-5H,2,6-12H2,1H3. The molecule has 24 heavy (non-hydrogen) atoms. The molecule has 0 saturated carbocycles. The van der Waals surface area contributed by atoms with Gasteiger partial charge in [-0.3, -0.25) is 9.59 Å². The fourth-order valence-corrected chi connectivity index (χ4v) is 4.07. The zero-order valence-corrected chi connectivity index (χ0v) is 13.9. The summed E-state index contributed by atoms with van der Waals surface area (Å²) in [6, 6.07) is 5.37. The molecule has 6 heteroatoms. The first kappa shape index (κ1) is 15.3. The second-order valence-corrected chi connectivity index (χ2v) is 6.84. The van der Waals surface area contributed by atoms with Crippen LogP contribution >= 0.6 is 0 Å². The van der Waals surface area contributed by atoms with Gasteiger partial charge in [-0.15, -0.1) is 0 Å². The predicted octanol–water partition coefficient (Wildman–Crippen LogP) is 1.89. The predicted molar refractivity (Wildman–Crippen MR) is 87.0 cm³/mol. The number of amides is 2. The highest BCUT2D eigenvalue weighted by atomic mass is 16.7. The lowest BCUT2D eigenvalue weighted by Crippen LogP contribution is -2.38. The minimum Gasteiger partial charge on any atom is -0.454 e. The molecular weight excluding hydrogens is 308 g/mol. The van der Waals surface area contributed by atoms with Gasteiger partial charge in [-0.25, -0.2) is 0 Å². The molecule has 0 aliphatic carbocycles. The number of nitrogens with zero attached hydrogens (tertiary/aromatic N) is 2. The Morgan fingerprint density at radius 1 is 1.25 bits per heavy atom. The number of likely N-dealkylation sites (tertiary alicyclic amines) is 2. The van der Waals surface area contributed by atoms with E-state index in [4.69, 9.17) is 9.47 Å². The van der Waals surface area contributed by atoms with Crippen molar-refractivity contribution in [1.29, 1.82) is 0 Å². The van der Waals surface area contributed by atoms with E-state index < -0.39 is 0 Å². The van der Waals surface area contributed by atoms with E-state index in [-0.39, 0.29) is 24.0 Å². The Bertz CT molecular complexity index is 690. The number of ether oxygens (including phenoxy) is 2. The highest BCUT2D eigenvalue weighted by Gasteiger charge is 2.51. The van der Waals surface area contributed by atoms with Gasteiger partial charge in [0, 0.05) is 26.2 Å². The maximum atomic E-state index is 12.9. The molecule has 4 rings (SSSR count). The minimum atomic E-state index is -0.375. The third-order valence-electron chi connectivity index (χ3n) is 5.36. The third-order valence-corrected chi connectivity index (χ3v) is 5.36. The van der Waals surface area contributed by atoms with E-state index in [0.717, 1.165) is 32.4 Å². The summed E-state index contributed by atoms with van der Waals surface area (Å²) in [5.41, 5.74) is 0.151. The van der Waals surface area contributed by atoms with E-state index in [1.54, 1.807) is 23.1 Å². The lowest BCUT2D eigenvalue weighted by Gasteiger charge is -2.23. The first-order valence-electron chi connectivity index (χ1n) is 8.62. The lowest BCUT2D eigenvalue weighted by atomic mass is 9.85. The van der Waals surface area contributed by atoms with E-state index in [0.29, 0.717) is 30.2 Å². The van der Waals surface area contributed by atoms with E-state index >= 15 is 0 Å². The van der Waals surface area contributed by atoms with E-state index in [1.807, 2.05) is 4.90 Å². The van der Waals surface area contributed by atoms with E-state index in [2.05, 4.69) is 6.92 Å². The molecule has 1 unspecified atom stereocenters. The van der Waals surface area contributed by atoms with Gasteiger partial charge >= 0.3 is 0 Å². The summed E-state index contributed by atoms with van der Waals surface area (Å²) in [7, 11) is 0. The Morgan fingerprint density at radius 2 is 2.08 bits per heavy atom. The van der Waals surface area contributed by atoms with Crippen LogP contribution < -0.4 is 9.47 Å². The average molecular weight is 330 g/mol. The summed E-state index contributed by atoms with van der Waals surface area (Å²) < 4.78 is 10.8. The molecule has 2 amide bonds. The normalized spacial score (nSPS) is 25.1. The molecule has 2 fully saturated rings. The van der Waals surface area contributed by atoms with Crippen LogP contribution in [0.1, 0.15) is 36.5 Å². The second kappa shape index (κ2) is 5.69. The summed E-state index contributed by atoms with van der Waals surface area (Å²) >= 11 is 0. The Morgan fingerprint density at radius 3 is 2.92 bits per heavy atom. The molecule has 1 aromatic carbocycles. The van der Waals surface area contributed by atoms with Gasteiger partial charge in [-0.1, -0.05) is 13.0 Å². The largest absolute Gasteiger partial charge is 0.454 e. The maximum absolute atomic E-state index is 12.9. The van der Waals surface area contributed by atoms with Crippen LogP contribution in [0, 0.1) is 5.41 Å². The van der Waals surface area contributed by atoms with Crippen LogP contribution in [-0.2, 0) is 4.79 Å². The van der Waals surface area contributed by atoms with Gasteiger partial charge < -0.3 is 19.3 Å². The molecule has 0 N–H and O–H groups in total. The summed E-state index contributed by atoms with van der Waals surface area (Å²) in [5, 5.41) is 0. The van der Waals surface area contributed by atoms with Crippen molar-refractivity contribution in [3.8, 4) is 11.5 Å². The highest BCUT2D eigenvalue weighted by Crippen LogP contribution is 2.42. The molecule has 1 aromatic rings. The van der Waals surface area contributed by atoms with Crippen molar-refractivity contribution in [2.75, 3.05) is 33.0 Å². The van der Waals surface area contributed by atoms with Crippen LogP contribution in [0.5, 0.6) is 11.5 Å². The molecule has 2 saturated heterocycles. The molecule has 6 nitrogen and oxygen atoms in total. The number of rotatable bonds is 3. The van der Waals surface area contributed by atoms with Gasteiger partial charge in [-0.2, -0.15) is 0 Å². The number of hydrogen-bond donors (Lipinski definition) is 0. The molecular formula is C18H22N2O4. The topological polar surface area (TPSA) is 59.1 Å². The number of para-hydroxylation sites is 1. The zero-order chi connectivity index (χ0) is 16.7. The maximum Gasteiger partial charge on any atom is 0.257 e. The zero-order valence-electron chi connectivity index (χ0n) is 13.9. The van der Waals surface area contributed by atoms with Crippen molar-refractivity contribution in [2.24, 2.45) is 5.41 Å². The van der Waals surface area contributed by atoms with E-state index in [9.17, 15) is 9.59 Å². The molecule has 1 atom stereocenters. The van der Waals surface area contributed by atoms with Crippen molar-refractivity contribution >= 4 is 11.8 Å². The van der Waals surface area contributed by atoms with Crippen LogP contribution in [0.15, 0.2) is 18.2 Å². The second-order valence-electron chi connectivity index (χ2n) is 6.84. The molecule has 3 heterocycles. The van der Waals surface area contributed by atoms with Crippen LogP contribution in [0.25, 0.3) is 0 Å². The van der Waals surface area contributed by atoms with Crippen LogP contribution in [0.3, 0.4) is 0 Å². The third kappa shape index (κ3) is 2.24. The summed E-state index contributed by atoms with van der Waals surface area (Å²) in [6.07, 6.45) is 2.57. The highest BCUT2D eigenvalue weighted by molar-refractivity contribution is 5.99. The smallest absolute Gasteiger partial charge is 0.257 e. The number of carbonyl (C=O) groups excluding carboxylic acids is 2. The molecule has 1 spiro atoms. The first-order chi connectivity index (χ1) is 11.6. The number of benzene rings is 1. The minimum absolute atomic E-state index is 0.0732. The average Bonchev–Trinajstić information content (AvgIpc) is 3.30. The Kier molecular flexibility index (Phi) is 3.62. The molecule has 0 aromatic heterocycles. The monoisotopic (exact) mass is 330 g/mol. The van der Waals surface area contributed by atoms with Crippen LogP contribution in [-0.4, -0.2) is 54.6 Å². The van der Waals surface area contributed by atoms with Crippen molar-refractivity contribution in [1.82, 2.24) is 9.80 Å². The van der Waals surface area contributed by atoms with Crippen molar-refractivity contribution < 1.29 is 19.1 Å². The molecule has 128 valence electrons. The number of carbonyl (C=O) groups is 2. The van der Waals surface area contributed by atoms with Crippen molar-refractivity contribution in [3.05, 3.63) is 23.8 Å². The fraction of sp³-hybridized carbons (Fsp3) is 0.556. The van der Waals surface area contributed by atoms with Crippen molar-refractivity contribution in [2.45, 2.75) is 26.2 Å². The van der Waals surface area contributed by atoms with Gasteiger partial charge in [-0.05, 0) is 31.4 Å². The summed E-state index contributed by atoms with van der Waals surface area (Å²) in [5.74, 6) is 1.28. The molecule has 3 aliphatic heterocycles. The first-order valence-corrected chi connectivity index (χ1v) is 8.62. The Labute approximate surface area is 141 Å². The number of hydrogen-bond acceptors (Lipinski definition) is 4. The van der Waals surface area contributed by atoms with Crippen LogP contribution in [0.4, 0.5) is 0 Å². The Hall–Kier alpha value is -2.24. The molecule has 0 bridgehead atoms. The number of fused-ring (bicyclic) bond motifs is 1. The van der Waals surface area contributed by atoms with Gasteiger partial charge in [0.2, 0.25) is 12.7 Å². The SMILES string of the molecule is CCCN1CCC2(CCN(C(=O)c3cccc4c3OCO4)C2)C1=O. The lowest BCUT2D eigenvalue weighted by molar-refractivity contribution is -0.135. The van der Waals surface area contributed by atoms with Crippen molar-refractivity contribution in [3.63, 3.8) is 0 Å². The summed E-state index contributed by atoms with van der Waals surface area (Å²) in [6.45, 7) is 4.98. The fourth-order valence-electron chi connectivity index (χ4n) is 4.07. The summed E-state index contributed by atoms with van der Waals surface area (Å²) in [4.78, 5) is 29.4. The quantitative estimate of drug-likeness (QED) is 0.849. The molecule has 3 aliphatic rings. The Balaban J connectivity index is 1.53. The molecule has 0 radical (unpaired) electrons. The van der Waals surface area contributed by atoms with Crippen LogP contribution in [0.2, 0.25) is 0 Å². The van der Waals surface area contributed by atoms with Gasteiger partial charge in [0.1, 0.15) is 0 Å². The van der Waals surface area contributed by atoms with Gasteiger partial charge in [0.05, 0.1) is 11.0 Å². The van der Waals surface area contributed by atoms with E-state index in [1.165, 1.54) is 0 Å². The van der Waals surface area contributed by atoms with Gasteiger partial charge in [0.25, 0.3) is 5.91 Å².